The van der Waals surface area contributed by atoms with Crippen LogP contribution in [0.5, 0.6) is 11.5 Å². The van der Waals surface area contributed by atoms with Gasteiger partial charge in [0.25, 0.3) is 0 Å². The molecule has 2 unspecified atom stereocenters. The molecule has 0 radical (unpaired) electrons. The number of ether oxygens (including phenoxy) is 2. The fourth-order valence-corrected chi connectivity index (χ4v) is 5.54. The van der Waals surface area contributed by atoms with E-state index >= 15 is 0 Å². The molecule has 3 aromatic carbocycles. The molecule has 1 amide bonds. The van der Waals surface area contributed by atoms with Crippen molar-refractivity contribution < 1.29 is 19.1 Å². The lowest BCUT2D eigenvalue weighted by atomic mass is 9.72. The van der Waals surface area contributed by atoms with Crippen LogP contribution < -0.4 is 14.4 Å². The van der Waals surface area contributed by atoms with Gasteiger partial charge in [-0.05, 0) is 73.2 Å². The molecule has 1 aliphatic carbocycles. The van der Waals surface area contributed by atoms with Gasteiger partial charge in [0.05, 0.1) is 14.2 Å². The van der Waals surface area contributed by atoms with Crippen LogP contribution in [0.2, 0.25) is 0 Å². The Morgan fingerprint density at radius 2 is 1.58 bits per heavy atom. The van der Waals surface area contributed by atoms with Crippen LogP contribution in [0.4, 0.5) is 5.69 Å². The monoisotopic (exact) mass is 481 g/mol. The summed E-state index contributed by atoms with van der Waals surface area (Å²) in [5, 5.41) is 0. The number of rotatable bonds is 5. The first-order chi connectivity index (χ1) is 17.4. The van der Waals surface area contributed by atoms with E-state index in [0.29, 0.717) is 29.9 Å². The van der Waals surface area contributed by atoms with Gasteiger partial charge in [0.15, 0.2) is 5.78 Å². The van der Waals surface area contributed by atoms with Crippen LogP contribution in [-0.2, 0) is 9.59 Å². The van der Waals surface area contributed by atoms with Crippen molar-refractivity contribution in [3.8, 4) is 11.5 Å². The Morgan fingerprint density at radius 1 is 0.806 bits per heavy atom. The summed E-state index contributed by atoms with van der Waals surface area (Å²) in [6.45, 7) is 4.10. The minimum atomic E-state index is -0.385. The Balaban J connectivity index is 1.70. The lowest BCUT2D eigenvalue weighted by molar-refractivity contribution is -0.120. The molecule has 5 rings (SSSR count). The van der Waals surface area contributed by atoms with Crippen LogP contribution in [0.1, 0.15) is 53.4 Å². The topological polar surface area (TPSA) is 55.8 Å². The van der Waals surface area contributed by atoms with Crippen LogP contribution in [-0.4, -0.2) is 25.9 Å². The average molecular weight is 482 g/mol. The molecular weight excluding hydrogens is 450 g/mol. The zero-order valence-electron chi connectivity index (χ0n) is 21.2. The maximum atomic E-state index is 13.9. The third-order valence-electron chi connectivity index (χ3n) is 7.56. The number of carbonyl (C=O) groups excluding carboxylic acids is 2. The van der Waals surface area contributed by atoms with Crippen molar-refractivity contribution in [3.05, 3.63) is 100 Å². The molecule has 0 saturated heterocycles. The van der Waals surface area contributed by atoms with E-state index in [1.165, 1.54) is 5.56 Å². The van der Waals surface area contributed by atoms with Crippen molar-refractivity contribution in [2.24, 2.45) is 0 Å². The second-order valence-corrected chi connectivity index (χ2v) is 9.66. The minimum Gasteiger partial charge on any atom is -0.497 e. The van der Waals surface area contributed by atoms with Gasteiger partial charge in [-0.15, -0.1) is 0 Å². The van der Waals surface area contributed by atoms with Gasteiger partial charge in [-0.25, -0.2) is 0 Å². The van der Waals surface area contributed by atoms with Crippen molar-refractivity contribution in [3.63, 3.8) is 0 Å². The summed E-state index contributed by atoms with van der Waals surface area (Å²) in [6.07, 6.45) is 1.23. The number of allylic oxidation sites excluding steroid dienone is 2. The summed E-state index contributed by atoms with van der Waals surface area (Å²) in [7, 11) is 3.22. The van der Waals surface area contributed by atoms with E-state index in [9.17, 15) is 9.59 Å². The highest BCUT2D eigenvalue weighted by Crippen LogP contribution is 2.49. The first-order valence-electron chi connectivity index (χ1n) is 12.3. The van der Waals surface area contributed by atoms with Gasteiger partial charge in [0, 0.05) is 41.3 Å². The molecule has 2 atom stereocenters. The van der Waals surface area contributed by atoms with E-state index in [0.717, 1.165) is 28.1 Å². The lowest BCUT2D eigenvalue weighted by Crippen LogP contribution is -2.42. The molecular formula is C31H31NO4. The van der Waals surface area contributed by atoms with Gasteiger partial charge >= 0.3 is 0 Å². The molecule has 0 aromatic heterocycles. The summed E-state index contributed by atoms with van der Waals surface area (Å²) in [5.74, 6) is 1.02. The first kappa shape index (κ1) is 23.9. The SMILES string of the molecule is COc1ccc(OC)c(C2CC(=O)N(c3ccc(C)c(C)c3)C3=C2C(=O)CC(c2ccccc2)C3)c1. The van der Waals surface area contributed by atoms with Crippen LogP contribution in [0.15, 0.2) is 78.0 Å². The van der Waals surface area contributed by atoms with E-state index in [1.54, 1.807) is 19.1 Å². The number of methoxy groups -OCH3 is 2. The second-order valence-electron chi connectivity index (χ2n) is 9.66. The van der Waals surface area contributed by atoms with Gasteiger partial charge in [-0.3, -0.25) is 14.5 Å². The number of carbonyl (C=O) groups is 2. The van der Waals surface area contributed by atoms with Gasteiger partial charge in [0.2, 0.25) is 5.91 Å². The number of anilines is 1. The van der Waals surface area contributed by atoms with E-state index in [2.05, 4.69) is 19.1 Å². The molecule has 0 spiro atoms. The van der Waals surface area contributed by atoms with E-state index in [1.807, 2.05) is 61.5 Å². The largest absolute Gasteiger partial charge is 0.497 e. The Morgan fingerprint density at radius 3 is 2.28 bits per heavy atom. The van der Waals surface area contributed by atoms with Crippen LogP contribution >= 0.6 is 0 Å². The molecule has 5 heteroatoms. The number of ketones is 1. The molecule has 3 aromatic rings. The molecule has 0 bridgehead atoms. The number of benzene rings is 3. The molecule has 1 heterocycles. The second kappa shape index (κ2) is 9.65. The predicted molar refractivity (Wildman–Crippen MR) is 141 cm³/mol. The summed E-state index contributed by atoms with van der Waals surface area (Å²) < 4.78 is 11.1. The highest BCUT2D eigenvalue weighted by Gasteiger charge is 2.43. The number of nitrogens with zero attached hydrogens (tertiary/aromatic N) is 1. The number of hydrogen-bond acceptors (Lipinski definition) is 4. The highest BCUT2D eigenvalue weighted by atomic mass is 16.5. The molecule has 0 saturated carbocycles. The summed E-state index contributed by atoms with van der Waals surface area (Å²) in [6, 6.07) is 21.7. The van der Waals surface area contributed by atoms with Crippen LogP contribution in [0.25, 0.3) is 0 Å². The Bertz CT molecular complexity index is 1360. The number of Topliss-reactive ketones (excluding diaryl/α,β-unsaturated/α-hetero) is 1. The summed E-state index contributed by atoms with van der Waals surface area (Å²) >= 11 is 0. The Hall–Kier alpha value is -3.86. The maximum Gasteiger partial charge on any atom is 0.232 e. The van der Waals surface area contributed by atoms with Crippen LogP contribution in [0.3, 0.4) is 0 Å². The van der Waals surface area contributed by atoms with Gasteiger partial charge in [0.1, 0.15) is 11.5 Å². The fourth-order valence-electron chi connectivity index (χ4n) is 5.54. The van der Waals surface area contributed by atoms with Crippen molar-refractivity contribution in [1.82, 2.24) is 0 Å². The van der Waals surface area contributed by atoms with Crippen molar-refractivity contribution in [2.75, 3.05) is 19.1 Å². The quantitative estimate of drug-likeness (QED) is 0.433. The molecule has 1 aliphatic heterocycles. The molecule has 5 nitrogen and oxygen atoms in total. The van der Waals surface area contributed by atoms with E-state index in [-0.39, 0.29) is 29.9 Å². The van der Waals surface area contributed by atoms with Crippen molar-refractivity contribution >= 4 is 17.4 Å². The Kier molecular flexibility index (Phi) is 6.40. The summed E-state index contributed by atoms with van der Waals surface area (Å²) in [5.41, 5.74) is 6.53. The zero-order chi connectivity index (χ0) is 25.4. The van der Waals surface area contributed by atoms with E-state index in [4.69, 9.17) is 9.47 Å². The first-order valence-corrected chi connectivity index (χ1v) is 12.3. The molecule has 0 fully saturated rings. The standard InChI is InChI=1S/C31H31NO4/c1-19-10-11-23(14-20(19)2)32-27-15-22(21-8-6-5-7-9-21)16-28(33)31(27)26(18-30(32)34)25-17-24(35-3)12-13-29(25)36-4/h5-14,17,22,26H,15-16,18H2,1-4H3. The Labute approximate surface area is 212 Å². The zero-order valence-corrected chi connectivity index (χ0v) is 21.2. The normalized spacial score (nSPS) is 19.8. The predicted octanol–water partition coefficient (Wildman–Crippen LogP) is 6.24. The molecule has 2 aliphatic rings. The van der Waals surface area contributed by atoms with Gasteiger partial charge in [-0.2, -0.15) is 0 Å². The molecule has 184 valence electrons. The van der Waals surface area contributed by atoms with Crippen molar-refractivity contribution in [2.45, 2.75) is 44.9 Å². The third kappa shape index (κ3) is 4.19. The number of hydrogen-bond donors (Lipinski definition) is 0. The average Bonchev–Trinajstić information content (AvgIpc) is 2.89. The maximum absolute atomic E-state index is 13.9. The fraction of sp³-hybridized carbons (Fsp3) is 0.290. The number of amides is 1. The van der Waals surface area contributed by atoms with E-state index < -0.39 is 0 Å². The molecule has 0 N–H and O–H groups in total. The van der Waals surface area contributed by atoms with Crippen LogP contribution in [0, 0.1) is 13.8 Å². The van der Waals surface area contributed by atoms with Gasteiger partial charge in [-0.1, -0.05) is 36.4 Å². The minimum absolute atomic E-state index is 0.0188. The third-order valence-corrected chi connectivity index (χ3v) is 7.56. The van der Waals surface area contributed by atoms with Gasteiger partial charge < -0.3 is 9.47 Å². The number of aryl methyl sites for hydroxylation is 2. The summed E-state index contributed by atoms with van der Waals surface area (Å²) in [4.78, 5) is 29.5. The van der Waals surface area contributed by atoms with Crippen molar-refractivity contribution in [1.29, 1.82) is 0 Å². The lowest BCUT2D eigenvalue weighted by Gasteiger charge is -2.41. The smallest absolute Gasteiger partial charge is 0.232 e. The molecule has 36 heavy (non-hydrogen) atoms. The highest BCUT2D eigenvalue weighted by molar-refractivity contribution is 6.08.